The van der Waals surface area contributed by atoms with Gasteiger partial charge in [0.2, 0.25) is 0 Å². The van der Waals surface area contributed by atoms with Gasteiger partial charge in [0.25, 0.3) is 5.91 Å². The van der Waals surface area contributed by atoms with Crippen molar-refractivity contribution < 1.29 is 19.1 Å². The average molecular weight is 308 g/mol. The standard InChI is InChI=1S/C14H16N2O4S/c1-19-14(18)11-8-20-6-5-16(11)13(17)10-4-2-3-9(7-10)12(15)21/h2-4,7,11H,5-6,8H2,1H3,(H2,15,21). The molecular formula is C14H16N2O4S. The van der Waals surface area contributed by atoms with E-state index in [0.717, 1.165) is 0 Å². The van der Waals surface area contributed by atoms with Crippen molar-refractivity contribution in [2.75, 3.05) is 26.9 Å². The minimum absolute atomic E-state index is 0.132. The van der Waals surface area contributed by atoms with Crippen LogP contribution in [-0.2, 0) is 14.3 Å². The number of ether oxygens (including phenoxy) is 2. The second-order valence-electron chi connectivity index (χ2n) is 4.56. The second-order valence-corrected chi connectivity index (χ2v) is 5.00. The first-order valence-corrected chi connectivity index (χ1v) is 6.82. The zero-order valence-electron chi connectivity index (χ0n) is 11.6. The summed E-state index contributed by atoms with van der Waals surface area (Å²) in [5, 5.41) is 0. The summed E-state index contributed by atoms with van der Waals surface area (Å²) in [4.78, 5) is 26.0. The number of carbonyl (C=O) groups is 2. The van der Waals surface area contributed by atoms with Gasteiger partial charge in [-0.3, -0.25) is 4.79 Å². The van der Waals surface area contributed by atoms with E-state index in [0.29, 0.717) is 24.3 Å². The highest BCUT2D eigenvalue weighted by Gasteiger charge is 2.34. The molecule has 0 saturated carbocycles. The summed E-state index contributed by atoms with van der Waals surface area (Å²) in [5.41, 5.74) is 6.61. The molecule has 0 aliphatic carbocycles. The predicted molar refractivity (Wildman–Crippen MR) is 80.0 cm³/mol. The highest BCUT2D eigenvalue weighted by molar-refractivity contribution is 7.80. The van der Waals surface area contributed by atoms with E-state index < -0.39 is 12.0 Å². The second kappa shape index (κ2) is 6.64. The molecule has 21 heavy (non-hydrogen) atoms. The molecule has 0 aromatic heterocycles. The monoisotopic (exact) mass is 308 g/mol. The van der Waals surface area contributed by atoms with E-state index >= 15 is 0 Å². The van der Waals surface area contributed by atoms with E-state index in [9.17, 15) is 9.59 Å². The Morgan fingerprint density at radius 2 is 2.14 bits per heavy atom. The molecule has 1 aromatic carbocycles. The molecule has 1 atom stereocenters. The van der Waals surface area contributed by atoms with Gasteiger partial charge in [-0.1, -0.05) is 24.4 Å². The fourth-order valence-electron chi connectivity index (χ4n) is 2.15. The van der Waals surface area contributed by atoms with Crippen LogP contribution in [0, 0.1) is 0 Å². The summed E-state index contributed by atoms with van der Waals surface area (Å²) in [5.74, 6) is -0.764. The number of esters is 1. The molecule has 112 valence electrons. The van der Waals surface area contributed by atoms with E-state index in [1.54, 1.807) is 24.3 Å². The van der Waals surface area contributed by atoms with Crippen molar-refractivity contribution in [1.29, 1.82) is 0 Å². The molecule has 1 saturated heterocycles. The van der Waals surface area contributed by atoms with Crippen molar-refractivity contribution in [3.8, 4) is 0 Å². The topological polar surface area (TPSA) is 81.9 Å². The van der Waals surface area contributed by atoms with Gasteiger partial charge in [-0.15, -0.1) is 0 Å². The number of amides is 1. The molecule has 1 unspecified atom stereocenters. The van der Waals surface area contributed by atoms with E-state index in [4.69, 9.17) is 27.4 Å². The zero-order chi connectivity index (χ0) is 15.4. The van der Waals surface area contributed by atoms with Crippen molar-refractivity contribution >= 4 is 29.1 Å². The van der Waals surface area contributed by atoms with Crippen molar-refractivity contribution in [3.63, 3.8) is 0 Å². The Morgan fingerprint density at radius 1 is 1.43 bits per heavy atom. The van der Waals surface area contributed by atoms with Crippen LogP contribution in [0.1, 0.15) is 15.9 Å². The molecule has 1 heterocycles. The van der Waals surface area contributed by atoms with Gasteiger partial charge in [0.05, 0.1) is 20.3 Å². The number of nitrogens with two attached hydrogens (primary N) is 1. The Hall–Kier alpha value is -1.99. The molecule has 1 fully saturated rings. The van der Waals surface area contributed by atoms with E-state index in [2.05, 4.69) is 0 Å². The number of hydrogen-bond acceptors (Lipinski definition) is 5. The molecule has 1 aromatic rings. The normalized spacial score (nSPS) is 18.1. The summed E-state index contributed by atoms with van der Waals surface area (Å²) in [6, 6.07) is 5.98. The third-order valence-corrected chi connectivity index (χ3v) is 3.49. The summed E-state index contributed by atoms with van der Waals surface area (Å²) in [6.07, 6.45) is 0. The Balaban J connectivity index is 2.26. The minimum atomic E-state index is -0.732. The summed E-state index contributed by atoms with van der Waals surface area (Å²) >= 11 is 4.91. The summed E-state index contributed by atoms with van der Waals surface area (Å²) in [6.45, 7) is 0.845. The number of nitrogens with zero attached hydrogens (tertiary/aromatic N) is 1. The number of thiocarbonyl (C=S) groups is 1. The van der Waals surface area contributed by atoms with E-state index in [1.807, 2.05) is 0 Å². The van der Waals surface area contributed by atoms with Crippen LogP contribution in [0.4, 0.5) is 0 Å². The number of benzene rings is 1. The molecule has 6 nitrogen and oxygen atoms in total. The van der Waals surface area contributed by atoms with Crippen molar-refractivity contribution in [2.24, 2.45) is 5.73 Å². The molecule has 1 aliphatic heterocycles. The van der Waals surface area contributed by atoms with Gasteiger partial charge in [-0.2, -0.15) is 0 Å². The highest BCUT2D eigenvalue weighted by Crippen LogP contribution is 2.15. The first-order chi connectivity index (χ1) is 10.0. The SMILES string of the molecule is COC(=O)C1COCCN1C(=O)c1cccc(C(N)=S)c1. The lowest BCUT2D eigenvalue weighted by molar-refractivity contribution is -0.151. The smallest absolute Gasteiger partial charge is 0.331 e. The van der Waals surface area contributed by atoms with Crippen LogP contribution in [0.25, 0.3) is 0 Å². The van der Waals surface area contributed by atoms with Crippen molar-refractivity contribution in [3.05, 3.63) is 35.4 Å². The van der Waals surface area contributed by atoms with Gasteiger partial charge in [-0.05, 0) is 12.1 Å². The van der Waals surface area contributed by atoms with E-state index in [1.165, 1.54) is 12.0 Å². The lowest BCUT2D eigenvalue weighted by Gasteiger charge is -2.33. The first kappa shape index (κ1) is 15.4. The van der Waals surface area contributed by atoms with Crippen molar-refractivity contribution in [2.45, 2.75) is 6.04 Å². The Kier molecular flexibility index (Phi) is 4.87. The van der Waals surface area contributed by atoms with Gasteiger partial charge >= 0.3 is 5.97 Å². The third kappa shape index (κ3) is 3.37. The summed E-state index contributed by atoms with van der Waals surface area (Å²) in [7, 11) is 1.28. The number of hydrogen-bond donors (Lipinski definition) is 1. The van der Waals surface area contributed by atoms with Crippen LogP contribution < -0.4 is 5.73 Å². The molecule has 0 radical (unpaired) electrons. The van der Waals surface area contributed by atoms with Crippen LogP contribution in [0.15, 0.2) is 24.3 Å². The summed E-state index contributed by atoms with van der Waals surface area (Å²) < 4.78 is 9.96. The molecule has 2 rings (SSSR count). The number of rotatable bonds is 3. The average Bonchev–Trinajstić information content (AvgIpc) is 2.53. The number of morpholine rings is 1. The Labute approximate surface area is 127 Å². The fraction of sp³-hybridized carbons (Fsp3) is 0.357. The van der Waals surface area contributed by atoms with Gasteiger partial charge < -0.3 is 20.1 Å². The zero-order valence-corrected chi connectivity index (χ0v) is 12.4. The molecule has 1 amide bonds. The van der Waals surface area contributed by atoms with Crippen LogP contribution in [-0.4, -0.2) is 54.7 Å². The van der Waals surface area contributed by atoms with Crippen LogP contribution >= 0.6 is 12.2 Å². The van der Waals surface area contributed by atoms with Crippen LogP contribution in [0.3, 0.4) is 0 Å². The molecule has 1 aliphatic rings. The first-order valence-electron chi connectivity index (χ1n) is 6.41. The number of carbonyl (C=O) groups excluding carboxylic acids is 2. The molecule has 2 N–H and O–H groups in total. The maximum atomic E-state index is 12.6. The molecule has 0 bridgehead atoms. The van der Waals surface area contributed by atoms with Gasteiger partial charge in [0, 0.05) is 17.7 Å². The maximum absolute atomic E-state index is 12.6. The number of methoxy groups -OCH3 is 1. The van der Waals surface area contributed by atoms with Crippen LogP contribution in [0.5, 0.6) is 0 Å². The van der Waals surface area contributed by atoms with Crippen molar-refractivity contribution in [1.82, 2.24) is 4.90 Å². The molecule has 0 spiro atoms. The third-order valence-electron chi connectivity index (χ3n) is 3.26. The highest BCUT2D eigenvalue weighted by atomic mass is 32.1. The lowest BCUT2D eigenvalue weighted by atomic mass is 10.1. The molecule has 7 heteroatoms. The van der Waals surface area contributed by atoms with Gasteiger partial charge in [0.1, 0.15) is 4.99 Å². The van der Waals surface area contributed by atoms with Crippen LogP contribution in [0.2, 0.25) is 0 Å². The van der Waals surface area contributed by atoms with Gasteiger partial charge in [-0.25, -0.2) is 4.79 Å². The largest absolute Gasteiger partial charge is 0.467 e. The van der Waals surface area contributed by atoms with Gasteiger partial charge in [0.15, 0.2) is 6.04 Å². The lowest BCUT2D eigenvalue weighted by Crippen LogP contribution is -2.53. The van der Waals surface area contributed by atoms with E-state index in [-0.39, 0.29) is 17.5 Å². The molecular weight excluding hydrogens is 292 g/mol. The Bertz CT molecular complexity index is 576. The quantitative estimate of drug-likeness (QED) is 0.640. The fourth-order valence-corrected chi connectivity index (χ4v) is 2.28. The Morgan fingerprint density at radius 3 is 2.81 bits per heavy atom. The maximum Gasteiger partial charge on any atom is 0.331 e. The minimum Gasteiger partial charge on any atom is -0.467 e. The predicted octanol–water partition coefficient (Wildman–Crippen LogP) is 0.335.